The standard InChI is InChI=1S/C11H8F3N3O2/c1-2-8-15-10(11(18)19)16-17(8)9-6(13)3-5(12)4-7(9)14/h3-4H,2H2,1H3,(H,18,19). The second-order valence-electron chi connectivity index (χ2n) is 3.64. The van der Waals surface area contributed by atoms with Crippen LogP contribution in [-0.4, -0.2) is 25.8 Å². The quantitative estimate of drug-likeness (QED) is 0.926. The monoisotopic (exact) mass is 271 g/mol. The molecule has 2 aromatic rings. The van der Waals surface area contributed by atoms with Gasteiger partial charge < -0.3 is 5.11 Å². The number of aryl methyl sites for hydroxylation is 1. The largest absolute Gasteiger partial charge is 0.475 e. The zero-order valence-electron chi connectivity index (χ0n) is 9.69. The fourth-order valence-electron chi connectivity index (χ4n) is 1.58. The molecule has 2 rings (SSSR count). The van der Waals surface area contributed by atoms with Gasteiger partial charge in [-0.2, -0.15) is 0 Å². The van der Waals surface area contributed by atoms with Gasteiger partial charge in [0.2, 0.25) is 0 Å². The van der Waals surface area contributed by atoms with Crippen molar-refractivity contribution >= 4 is 5.97 Å². The fourth-order valence-corrected chi connectivity index (χ4v) is 1.58. The number of aromatic carboxylic acids is 1. The summed E-state index contributed by atoms with van der Waals surface area (Å²) >= 11 is 0. The molecule has 0 aliphatic heterocycles. The Kier molecular flexibility index (Phi) is 3.24. The summed E-state index contributed by atoms with van der Waals surface area (Å²) in [5.41, 5.74) is -0.654. The van der Waals surface area contributed by atoms with E-state index < -0.39 is 34.9 Å². The number of rotatable bonds is 3. The average Bonchev–Trinajstić information content (AvgIpc) is 2.71. The zero-order valence-corrected chi connectivity index (χ0v) is 9.69. The highest BCUT2D eigenvalue weighted by molar-refractivity contribution is 5.83. The molecule has 0 bridgehead atoms. The van der Waals surface area contributed by atoms with Crippen molar-refractivity contribution in [1.29, 1.82) is 0 Å². The number of benzene rings is 1. The number of carbonyl (C=O) groups is 1. The smallest absolute Gasteiger partial charge is 0.375 e. The van der Waals surface area contributed by atoms with Crippen molar-refractivity contribution in [3.8, 4) is 5.69 Å². The maximum Gasteiger partial charge on any atom is 0.375 e. The average molecular weight is 271 g/mol. The van der Waals surface area contributed by atoms with Gasteiger partial charge in [0.25, 0.3) is 5.82 Å². The predicted molar refractivity (Wildman–Crippen MR) is 57.6 cm³/mol. The van der Waals surface area contributed by atoms with Crippen LogP contribution in [0, 0.1) is 17.5 Å². The van der Waals surface area contributed by atoms with Crippen molar-refractivity contribution < 1.29 is 23.1 Å². The molecular weight excluding hydrogens is 263 g/mol. The number of hydrogen-bond donors (Lipinski definition) is 1. The molecule has 5 nitrogen and oxygen atoms in total. The van der Waals surface area contributed by atoms with Gasteiger partial charge in [-0.25, -0.2) is 27.6 Å². The van der Waals surface area contributed by atoms with E-state index >= 15 is 0 Å². The Bertz CT molecular complexity index is 632. The summed E-state index contributed by atoms with van der Waals surface area (Å²) in [6, 6.07) is 0.972. The Morgan fingerprint density at radius 3 is 2.37 bits per heavy atom. The second-order valence-corrected chi connectivity index (χ2v) is 3.64. The number of nitrogens with zero attached hydrogens (tertiary/aromatic N) is 3. The number of hydrogen-bond acceptors (Lipinski definition) is 3. The highest BCUT2D eigenvalue weighted by Crippen LogP contribution is 2.20. The summed E-state index contributed by atoms with van der Waals surface area (Å²) in [6.07, 6.45) is 0.205. The van der Waals surface area contributed by atoms with Crippen LogP contribution < -0.4 is 0 Å². The molecule has 0 aliphatic rings. The summed E-state index contributed by atoms with van der Waals surface area (Å²) in [5, 5.41) is 12.3. The first-order chi connectivity index (χ1) is 8.93. The first-order valence-corrected chi connectivity index (χ1v) is 5.28. The summed E-state index contributed by atoms with van der Waals surface area (Å²) in [6.45, 7) is 1.62. The zero-order chi connectivity index (χ0) is 14.2. The summed E-state index contributed by atoms with van der Waals surface area (Å²) in [7, 11) is 0. The highest BCUT2D eigenvalue weighted by Gasteiger charge is 2.21. The number of carboxylic acid groups (broad SMARTS) is 1. The third-order valence-corrected chi connectivity index (χ3v) is 2.38. The van der Waals surface area contributed by atoms with Gasteiger partial charge in [-0.3, -0.25) is 0 Å². The minimum Gasteiger partial charge on any atom is -0.475 e. The van der Waals surface area contributed by atoms with Crippen LogP contribution in [0.4, 0.5) is 13.2 Å². The van der Waals surface area contributed by atoms with E-state index in [9.17, 15) is 18.0 Å². The lowest BCUT2D eigenvalue weighted by Crippen LogP contribution is -2.08. The van der Waals surface area contributed by atoms with E-state index in [-0.39, 0.29) is 12.2 Å². The summed E-state index contributed by atoms with van der Waals surface area (Å²) in [4.78, 5) is 14.4. The van der Waals surface area contributed by atoms with Crippen molar-refractivity contribution in [3.05, 3.63) is 41.2 Å². The van der Waals surface area contributed by atoms with E-state index in [1.807, 2.05) is 0 Å². The molecular formula is C11H8F3N3O2. The van der Waals surface area contributed by atoms with Gasteiger partial charge in [0, 0.05) is 18.6 Å². The van der Waals surface area contributed by atoms with E-state index in [4.69, 9.17) is 5.11 Å². The highest BCUT2D eigenvalue weighted by atomic mass is 19.1. The van der Waals surface area contributed by atoms with Gasteiger partial charge >= 0.3 is 5.97 Å². The van der Waals surface area contributed by atoms with Crippen molar-refractivity contribution in [2.24, 2.45) is 0 Å². The number of carboxylic acids is 1. The molecule has 0 unspecified atom stereocenters. The van der Waals surface area contributed by atoms with Crippen LogP contribution in [-0.2, 0) is 6.42 Å². The molecule has 19 heavy (non-hydrogen) atoms. The van der Waals surface area contributed by atoms with Crippen LogP contribution in [0.1, 0.15) is 23.4 Å². The third-order valence-electron chi connectivity index (χ3n) is 2.38. The molecule has 0 saturated heterocycles. The molecule has 0 amide bonds. The molecule has 8 heteroatoms. The Hall–Kier alpha value is -2.38. The molecule has 0 atom stereocenters. The van der Waals surface area contributed by atoms with Gasteiger partial charge in [0.15, 0.2) is 11.6 Å². The van der Waals surface area contributed by atoms with E-state index in [1.165, 1.54) is 0 Å². The minimum absolute atomic E-state index is 0.0572. The van der Waals surface area contributed by atoms with Crippen LogP contribution in [0.5, 0.6) is 0 Å². The molecule has 0 spiro atoms. The number of halogens is 3. The molecule has 1 heterocycles. The predicted octanol–water partition coefficient (Wildman–Crippen LogP) is 1.95. The summed E-state index contributed by atoms with van der Waals surface area (Å²) < 4.78 is 40.8. The first-order valence-electron chi connectivity index (χ1n) is 5.28. The van der Waals surface area contributed by atoms with Gasteiger partial charge in [0.05, 0.1) is 0 Å². The van der Waals surface area contributed by atoms with E-state index in [0.29, 0.717) is 12.1 Å². The van der Waals surface area contributed by atoms with Crippen molar-refractivity contribution in [1.82, 2.24) is 14.8 Å². The van der Waals surface area contributed by atoms with Crippen LogP contribution in [0.3, 0.4) is 0 Å². The van der Waals surface area contributed by atoms with Gasteiger partial charge in [-0.1, -0.05) is 6.92 Å². The molecule has 0 fully saturated rings. The van der Waals surface area contributed by atoms with Crippen LogP contribution in [0.15, 0.2) is 12.1 Å². The Balaban J connectivity index is 2.68. The lowest BCUT2D eigenvalue weighted by molar-refractivity contribution is 0.0683. The maximum absolute atomic E-state index is 13.6. The number of aromatic nitrogens is 3. The van der Waals surface area contributed by atoms with Crippen LogP contribution in [0.2, 0.25) is 0 Å². The topological polar surface area (TPSA) is 68.0 Å². The van der Waals surface area contributed by atoms with Crippen LogP contribution in [0.25, 0.3) is 5.69 Å². The lowest BCUT2D eigenvalue weighted by atomic mass is 10.2. The Morgan fingerprint density at radius 2 is 1.89 bits per heavy atom. The van der Waals surface area contributed by atoms with E-state index in [2.05, 4.69) is 10.1 Å². The van der Waals surface area contributed by atoms with Crippen molar-refractivity contribution in [3.63, 3.8) is 0 Å². The molecule has 0 aliphatic carbocycles. The van der Waals surface area contributed by atoms with E-state index in [1.54, 1.807) is 6.92 Å². The SMILES string of the molecule is CCc1nc(C(=O)O)nn1-c1c(F)cc(F)cc1F. The fraction of sp³-hybridized carbons (Fsp3) is 0.182. The normalized spacial score (nSPS) is 10.7. The minimum atomic E-state index is -1.42. The van der Waals surface area contributed by atoms with Gasteiger partial charge in [-0.05, 0) is 0 Å². The maximum atomic E-state index is 13.6. The lowest BCUT2D eigenvalue weighted by Gasteiger charge is -2.07. The molecule has 0 saturated carbocycles. The molecule has 1 aromatic heterocycles. The van der Waals surface area contributed by atoms with Gasteiger partial charge in [-0.15, -0.1) is 5.10 Å². The first kappa shape index (κ1) is 13.1. The molecule has 1 N–H and O–H groups in total. The summed E-state index contributed by atoms with van der Waals surface area (Å²) in [5.74, 6) is -5.39. The molecule has 0 radical (unpaired) electrons. The third kappa shape index (κ3) is 2.28. The van der Waals surface area contributed by atoms with Crippen molar-refractivity contribution in [2.45, 2.75) is 13.3 Å². The Morgan fingerprint density at radius 1 is 1.32 bits per heavy atom. The Labute approximate surface area is 105 Å². The van der Waals surface area contributed by atoms with E-state index in [0.717, 1.165) is 4.68 Å². The molecule has 1 aromatic carbocycles. The van der Waals surface area contributed by atoms with Crippen LogP contribution >= 0.6 is 0 Å². The van der Waals surface area contributed by atoms with Crippen molar-refractivity contribution in [2.75, 3.05) is 0 Å². The second kappa shape index (κ2) is 4.71. The molecule has 100 valence electrons. The van der Waals surface area contributed by atoms with Gasteiger partial charge in [0.1, 0.15) is 17.3 Å².